The SMILES string of the molecule is O=C(CN1CCN(Cc2ccc(Cl)cc2)CC1)N/N=C\C(Cl)=C\c1ccccc1. The van der Waals surface area contributed by atoms with E-state index in [0.717, 1.165) is 43.3 Å². The number of rotatable bonds is 7. The van der Waals surface area contributed by atoms with Crippen molar-refractivity contribution in [1.29, 1.82) is 0 Å². The second kappa shape index (κ2) is 11.1. The minimum Gasteiger partial charge on any atom is -0.297 e. The number of allylic oxidation sites excluding steroid dienone is 1. The van der Waals surface area contributed by atoms with Gasteiger partial charge in [0.2, 0.25) is 0 Å². The van der Waals surface area contributed by atoms with E-state index in [1.54, 1.807) is 6.08 Å². The molecule has 1 N–H and O–H groups in total. The molecule has 2 aromatic carbocycles. The largest absolute Gasteiger partial charge is 0.297 e. The van der Waals surface area contributed by atoms with Gasteiger partial charge in [-0.1, -0.05) is 65.7 Å². The summed E-state index contributed by atoms with van der Waals surface area (Å²) in [6.45, 7) is 4.76. The molecule has 0 saturated carbocycles. The Balaban J connectivity index is 1.37. The van der Waals surface area contributed by atoms with Gasteiger partial charge in [0, 0.05) is 37.7 Å². The van der Waals surface area contributed by atoms with Crippen molar-refractivity contribution in [3.63, 3.8) is 0 Å². The monoisotopic (exact) mass is 430 g/mol. The summed E-state index contributed by atoms with van der Waals surface area (Å²) < 4.78 is 0. The van der Waals surface area contributed by atoms with Crippen molar-refractivity contribution < 1.29 is 4.79 Å². The zero-order chi connectivity index (χ0) is 20.5. The Labute approximate surface area is 181 Å². The van der Waals surface area contributed by atoms with E-state index in [1.807, 2.05) is 42.5 Å². The molecule has 0 unspecified atom stereocenters. The van der Waals surface area contributed by atoms with Gasteiger partial charge in [-0.25, -0.2) is 5.43 Å². The average molecular weight is 431 g/mol. The van der Waals surface area contributed by atoms with Crippen LogP contribution in [0.3, 0.4) is 0 Å². The lowest BCUT2D eigenvalue weighted by molar-refractivity contribution is -0.122. The Morgan fingerprint density at radius 2 is 1.66 bits per heavy atom. The second-order valence-corrected chi connectivity index (χ2v) is 7.78. The predicted molar refractivity (Wildman–Crippen MR) is 120 cm³/mol. The van der Waals surface area contributed by atoms with E-state index in [1.165, 1.54) is 11.8 Å². The summed E-state index contributed by atoms with van der Waals surface area (Å²) in [5, 5.41) is 5.14. The Hall–Kier alpha value is -2.18. The fraction of sp³-hybridized carbons (Fsp3) is 0.273. The van der Waals surface area contributed by atoms with Gasteiger partial charge >= 0.3 is 0 Å². The zero-order valence-electron chi connectivity index (χ0n) is 16.1. The van der Waals surface area contributed by atoms with Crippen LogP contribution >= 0.6 is 23.2 Å². The number of carbonyl (C=O) groups excluding carboxylic acids is 1. The lowest BCUT2D eigenvalue weighted by Gasteiger charge is -2.34. The first-order valence-electron chi connectivity index (χ1n) is 9.52. The van der Waals surface area contributed by atoms with E-state index in [2.05, 4.69) is 32.5 Å². The number of nitrogens with zero attached hydrogens (tertiary/aromatic N) is 3. The molecule has 152 valence electrons. The fourth-order valence-electron chi connectivity index (χ4n) is 3.10. The predicted octanol–water partition coefficient (Wildman–Crippen LogP) is 3.84. The summed E-state index contributed by atoms with van der Waals surface area (Å²) in [6, 6.07) is 17.6. The first-order valence-corrected chi connectivity index (χ1v) is 10.3. The number of piperazine rings is 1. The lowest BCUT2D eigenvalue weighted by Crippen LogP contribution is -2.48. The summed E-state index contributed by atoms with van der Waals surface area (Å²) in [5.74, 6) is -0.142. The molecule has 0 bridgehead atoms. The van der Waals surface area contributed by atoms with Crippen LogP contribution in [0.15, 0.2) is 64.7 Å². The summed E-state index contributed by atoms with van der Waals surface area (Å²) in [6.07, 6.45) is 3.23. The summed E-state index contributed by atoms with van der Waals surface area (Å²) in [4.78, 5) is 16.6. The van der Waals surface area contributed by atoms with Crippen LogP contribution in [0.2, 0.25) is 5.02 Å². The number of amides is 1. The molecule has 0 spiro atoms. The van der Waals surface area contributed by atoms with Crippen LogP contribution in [0.5, 0.6) is 0 Å². The zero-order valence-corrected chi connectivity index (χ0v) is 17.6. The van der Waals surface area contributed by atoms with Crippen molar-refractivity contribution in [2.24, 2.45) is 5.10 Å². The molecule has 29 heavy (non-hydrogen) atoms. The molecule has 2 aromatic rings. The molecule has 7 heteroatoms. The third-order valence-corrected chi connectivity index (χ3v) is 5.09. The van der Waals surface area contributed by atoms with Crippen molar-refractivity contribution in [3.8, 4) is 0 Å². The Morgan fingerprint density at radius 3 is 2.34 bits per heavy atom. The third-order valence-electron chi connectivity index (χ3n) is 4.63. The summed E-state index contributed by atoms with van der Waals surface area (Å²) in [5.41, 5.74) is 4.76. The minimum atomic E-state index is -0.142. The number of nitrogens with one attached hydrogen (secondary N) is 1. The van der Waals surface area contributed by atoms with Gasteiger partial charge in [-0.15, -0.1) is 0 Å². The van der Waals surface area contributed by atoms with Gasteiger partial charge in [-0.2, -0.15) is 5.10 Å². The quantitative estimate of drug-likeness (QED) is 0.536. The van der Waals surface area contributed by atoms with E-state index in [0.29, 0.717) is 11.6 Å². The highest BCUT2D eigenvalue weighted by Crippen LogP contribution is 2.13. The topological polar surface area (TPSA) is 47.9 Å². The van der Waals surface area contributed by atoms with Gasteiger partial charge in [0.25, 0.3) is 5.91 Å². The normalized spacial score (nSPS) is 16.3. The molecule has 1 fully saturated rings. The molecular weight excluding hydrogens is 407 g/mol. The van der Waals surface area contributed by atoms with Gasteiger partial charge in [-0.05, 0) is 29.3 Å². The number of halogens is 2. The lowest BCUT2D eigenvalue weighted by atomic mass is 10.2. The van der Waals surface area contributed by atoms with E-state index < -0.39 is 0 Å². The van der Waals surface area contributed by atoms with Crippen molar-refractivity contribution in [2.75, 3.05) is 32.7 Å². The molecule has 3 rings (SSSR count). The maximum atomic E-state index is 12.1. The van der Waals surface area contributed by atoms with E-state index in [4.69, 9.17) is 23.2 Å². The highest BCUT2D eigenvalue weighted by Gasteiger charge is 2.18. The van der Waals surface area contributed by atoms with E-state index in [9.17, 15) is 4.79 Å². The van der Waals surface area contributed by atoms with Crippen LogP contribution in [0.1, 0.15) is 11.1 Å². The molecule has 5 nitrogen and oxygen atoms in total. The van der Waals surface area contributed by atoms with Gasteiger partial charge in [-0.3, -0.25) is 14.6 Å². The Kier molecular flexibility index (Phi) is 8.25. The molecule has 1 amide bonds. The fourth-order valence-corrected chi connectivity index (χ4v) is 3.40. The molecule has 1 aliphatic heterocycles. The van der Waals surface area contributed by atoms with Crippen molar-refractivity contribution in [1.82, 2.24) is 15.2 Å². The first-order chi connectivity index (χ1) is 14.1. The van der Waals surface area contributed by atoms with Gasteiger partial charge in [0.05, 0.1) is 17.8 Å². The first kappa shape index (κ1) is 21.5. The van der Waals surface area contributed by atoms with E-state index in [-0.39, 0.29) is 5.91 Å². The molecule has 1 saturated heterocycles. The van der Waals surface area contributed by atoms with Gasteiger partial charge in [0.15, 0.2) is 0 Å². The van der Waals surface area contributed by atoms with Crippen LogP contribution in [-0.2, 0) is 11.3 Å². The molecule has 0 aliphatic carbocycles. The van der Waals surface area contributed by atoms with Crippen molar-refractivity contribution in [2.45, 2.75) is 6.54 Å². The highest BCUT2D eigenvalue weighted by molar-refractivity contribution is 6.41. The number of benzene rings is 2. The maximum Gasteiger partial charge on any atom is 0.254 e. The minimum absolute atomic E-state index is 0.142. The Morgan fingerprint density at radius 1 is 1.00 bits per heavy atom. The van der Waals surface area contributed by atoms with Crippen LogP contribution < -0.4 is 5.43 Å². The smallest absolute Gasteiger partial charge is 0.254 e. The van der Waals surface area contributed by atoms with Gasteiger partial charge < -0.3 is 0 Å². The Bertz CT molecular complexity index is 845. The summed E-state index contributed by atoms with van der Waals surface area (Å²) in [7, 11) is 0. The summed E-state index contributed by atoms with van der Waals surface area (Å²) >= 11 is 12.1. The standard InChI is InChI=1S/C22H24Cl2N4O/c23-20-8-6-19(7-9-20)16-27-10-12-28(13-11-27)17-22(29)26-25-15-21(24)14-18-4-2-1-3-5-18/h1-9,14-15H,10-13,16-17H2,(H,26,29)/b21-14-,25-15-. The van der Waals surface area contributed by atoms with Crippen LogP contribution in [-0.4, -0.2) is 54.6 Å². The highest BCUT2D eigenvalue weighted by atomic mass is 35.5. The maximum absolute atomic E-state index is 12.1. The molecular formula is C22H24Cl2N4O. The van der Waals surface area contributed by atoms with E-state index >= 15 is 0 Å². The number of hydrazone groups is 1. The average Bonchev–Trinajstić information content (AvgIpc) is 2.72. The molecule has 0 radical (unpaired) electrons. The molecule has 0 atom stereocenters. The third kappa shape index (κ3) is 7.63. The number of carbonyl (C=O) groups is 1. The van der Waals surface area contributed by atoms with Crippen molar-refractivity contribution >= 4 is 41.4 Å². The van der Waals surface area contributed by atoms with Crippen molar-refractivity contribution in [3.05, 3.63) is 75.8 Å². The van der Waals surface area contributed by atoms with Crippen LogP contribution in [0.25, 0.3) is 6.08 Å². The second-order valence-electron chi connectivity index (χ2n) is 6.91. The molecule has 0 aromatic heterocycles. The van der Waals surface area contributed by atoms with Gasteiger partial charge in [0.1, 0.15) is 0 Å². The molecule has 1 aliphatic rings. The van der Waals surface area contributed by atoms with Crippen LogP contribution in [0.4, 0.5) is 0 Å². The number of hydrogen-bond donors (Lipinski definition) is 1. The molecule has 1 heterocycles. The number of hydrogen-bond acceptors (Lipinski definition) is 4. The van der Waals surface area contributed by atoms with Crippen LogP contribution in [0, 0.1) is 0 Å².